The molecule has 0 bridgehead atoms. The molecule has 2 aromatic carbocycles. The normalized spacial score (nSPS) is 12.6. The topological polar surface area (TPSA) is 35.6 Å². The summed E-state index contributed by atoms with van der Waals surface area (Å²) < 4.78 is 4.32. The van der Waals surface area contributed by atoms with E-state index in [1.54, 1.807) is 0 Å². The van der Waals surface area contributed by atoms with Crippen molar-refractivity contribution in [1.29, 1.82) is 0 Å². The smallest absolute Gasteiger partial charge is 0.165 e. The van der Waals surface area contributed by atoms with Gasteiger partial charge in [0.2, 0.25) is 0 Å². The van der Waals surface area contributed by atoms with Gasteiger partial charge in [0.15, 0.2) is 5.82 Å². The van der Waals surface area contributed by atoms with E-state index < -0.39 is 0 Å². The lowest BCUT2D eigenvalue weighted by atomic mass is 10.2. The average molecular weight is 351 g/mol. The molecule has 0 saturated heterocycles. The summed E-state index contributed by atoms with van der Waals surface area (Å²) in [5.41, 5.74) is 2.15. The van der Waals surface area contributed by atoms with Crippen molar-refractivity contribution in [3.8, 4) is 11.4 Å². The van der Waals surface area contributed by atoms with Gasteiger partial charge in [0.25, 0.3) is 0 Å². The van der Waals surface area contributed by atoms with Crippen LogP contribution in [0.25, 0.3) is 22.3 Å². The average Bonchev–Trinajstić information content (AvgIpc) is 3.20. The number of hydrogen-bond donors (Lipinski definition) is 0. The monoisotopic (exact) mass is 350 g/mol. The maximum atomic E-state index is 6.31. The van der Waals surface area contributed by atoms with E-state index in [1.165, 1.54) is 10.9 Å². The van der Waals surface area contributed by atoms with Gasteiger partial charge in [-0.05, 0) is 36.6 Å². The van der Waals surface area contributed by atoms with Crippen molar-refractivity contribution >= 4 is 22.5 Å². The molecule has 0 saturated carbocycles. The first-order chi connectivity index (χ1) is 12.1. The van der Waals surface area contributed by atoms with E-state index >= 15 is 0 Å². The Morgan fingerprint density at radius 1 is 1.00 bits per heavy atom. The van der Waals surface area contributed by atoms with Gasteiger partial charge < -0.3 is 9.13 Å². The summed E-state index contributed by atoms with van der Waals surface area (Å²) in [6, 6.07) is 18.6. The van der Waals surface area contributed by atoms with E-state index in [0.29, 0.717) is 5.02 Å². The number of nitrogens with zero attached hydrogens (tertiary/aromatic N) is 4. The van der Waals surface area contributed by atoms with E-state index in [2.05, 4.69) is 58.2 Å². The third kappa shape index (κ3) is 2.83. The van der Waals surface area contributed by atoms with Crippen molar-refractivity contribution in [2.45, 2.75) is 19.4 Å². The molecule has 126 valence electrons. The first-order valence-corrected chi connectivity index (χ1v) is 8.71. The SMILES string of the molecule is CC(Cc1nnc(-c2ccccc2Cl)n1C)n1ccc2ccccc21. The quantitative estimate of drug-likeness (QED) is 0.525. The molecule has 0 radical (unpaired) electrons. The van der Waals surface area contributed by atoms with E-state index in [-0.39, 0.29) is 6.04 Å². The molecule has 4 rings (SSSR count). The van der Waals surface area contributed by atoms with Gasteiger partial charge in [-0.15, -0.1) is 10.2 Å². The molecule has 4 aromatic rings. The second kappa shape index (κ2) is 6.37. The third-order valence-electron chi connectivity index (χ3n) is 4.66. The van der Waals surface area contributed by atoms with Crippen LogP contribution in [-0.4, -0.2) is 19.3 Å². The van der Waals surface area contributed by atoms with Gasteiger partial charge in [-0.3, -0.25) is 0 Å². The highest BCUT2D eigenvalue weighted by Crippen LogP contribution is 2.27. The van der Waals surface area contributed by atoms with Gasteiger partial charge >= 0.3 is 0 Å². The summed E-state index contributed by atoms with van der Waals surface area (Å²) in [6.07, 6.45) is 2.94. The highest BCUT2D eigenvalue weighted by molar-refractivity contribution is 6.33. The maximum absolute atomic E-state index is 6.31. The molecule has 25 heavy (non-hydrogen) atoms. The van der Waals surface area contributed by atoms with Crippen LogP contribution >= 0.6 is 11.6 Å². The number of fused-ring (bicyclic) bond motifs is 1. The molecule has 1 unspecified atom stereocenters. The minimum absolute atomic E-state index is 0.280. The van der Waals surface area contributed by atoms with Gasteiger partial charge in [-0.2, -0.15) is 0 Å². The van der Waals surface area contributed by atoms with Crippen LogP contribution in [0.15, 0.2) is 60.8 Å². The highest BCUT2D eigenvalue weighted by Gasteiger charge is 2.16. The minimum Gasteiger partial charge on any atom is -0.344 e. The summed E-state index contributed by atoms with van der Waals surface area (Å²) in [7, 11) is 1.99. The van der Waals surface area contributed by atoms with Crippen molar-refractivity contribution in [2.24, 2.45) is 7.05 Å². The van der Waals surface area contributed by atoms with Crippen LogP contribution in [0.3, 0.4) is 0 Å². The van der Waals surface area contributed by atoms with Gasteiger partial charge in [0, 0.05) is 36.8 Å². The molecule has 0 aliphatic heterocycles. The Kier molecular flexibility index (Phi) is 4.06. The summed E-state index contributed by atoms with van der Waals surface area (Å²) in [6.45, 7) is 2.20. The van der Waals surface area contributed by atoms with Gasteiger partial charge in [-0.25, -0.2) is 0 Å². The Hall–Kier alpha value is -2.59. The number of benzene rings is 2. The fraction of sp³-hybridized carbons (Fsp3) is 0.200. The fourth-order valence-electron chi connectivity index (χ4n) is 3.27. The van der Waals surface area contributed by atoms with E-state index in [4.69, 9.17) is 11.6 Å². The Morgan fingerprint density at radius 2 is 1.76 bits per heavy atom. The van der Waals surface area contributed by atoms with Crippen LogP contribution in [0.4, 0.5) is 0 Å². The van der Waals surface area contributed by atoms with Gasteiger partial charge in [0.05, 0.1) is 5.02 Å². The number of para-hydroxylation sites is 1. The molecular formula is C20H19ClN4. The summed E-state index contributed by atoms with van der Waals surface area (Å²) in [4.78, 5) is 0. The first kappa shape index (κ1) is 15.9. The molecule has 0 amide bonds. The van der Waals surface area contributed by atoms with Crippen LogP contribution in [-0.2, 0) is 13.5 Å². The zero-order valence-corrected chi connectivity index (χ0v) is 15.0. The van der Waals surface area contributed by atoms with Crippen molar-refractivity contribution in [2.75, 3.05) is 0 Å². The largest absolute Gasteiger partial charge is 0.344 e. The number of rotatable bonds is 4. The van der Waals surface area contributed by atoms with Gasteiger partial charge in [-0.1, -0.05) is 41.9 Å². The molecule has 5 heteroatoms. The molecule has 0 fully saturated rings. The first-order valence-electron chi connectivity index (χ1n) is 8.34. The lowest BCUT2D eigenvalue weighted by Crippen LogP contribution is -2.10. The summed E-state index contributed by atoms with van der Waals surface area (Å²) >= 11 is 6.31. The molecule has 1 atom stereocenters. The highest BCUT2D eigenvalue weighted by atomic mass is 35.5. The number of halogens is 1. The molecular weight excluding hydrogens is 332 g/mol. The number of hydrogen-bond acceptors (Lipinski definition) is 2. The lowest BCUT2D eigenvalue weighted by molar-refractivity contribution is 0.537. The Morgan fingerprint density at radius 3 is 2.60 bits per heavy atom. The molecule has 0 aliphatic carbocycles. The summed E-state index contributed by atoms with van der Waals surface area (Å²) in [5.74, 6) is 1.74. The zero-order chi connectivity index (χ0) is 17.4. The van der Waals surface area contributed by atoms with Crippen LogP contribution < -0.4 is 0 Å². The van der Waals surface area contributed by atoms with E-state index in [1.807, 2.05) is 35.9 Å². The van der Waals surface area contributed by atoms with Crippen molar-refractivity contribution < 1.29 is 0 Å². The molecule has 2 aromatic heterocycles. The Balaban J connectivity index is 1.64. The molecule has 0 aliphatic rings. The second-order valence-electron chi connectivity index (χ2n) is 6.31. The minimum atomic E-state index is 0.280. The maximum Gasteiger partial charge on any atom is 0.165 e. The van der Waals surface area contributed by atoms with Crippen LogP contribution in [0.2, 0.25) is 5.02 Å². The van der Waals surface area contributed by atoms with E-state index in [9.17, 15) is 0 Å². The van der Waals surface area contributed by atoms with Crippen LogP contribution in [0.5, 0.6) is 0 Å². The zero-order valence-electron chi connectivity index (χ0n) is 14.2. The second-order valence-corrected chi connectivity index (χ2v) is 6.72. The lowest BCUT2D eigenvalue weighted by Gasteiger charge is -2.15. The van der Waals surface area contributed by atoms with E-state index in [0.717, 1.165) is 23.6 Å². The Labute approximate surface area is 151 Å². The molecule has 2 heterocycles. The predicted molar refractivity (Wildman–Crippen MR) is 102 cm³/mol. The van der Waals surface area contributed by atoms with Gasteiger partial charge in [0.1, 0.15) is 5.82 Å². The van der Waals surface area contributed by atoms with Crippen LogP contribution in [0.1, 0.15) is 18.8 Å². The summed E-state index contributed by atoms with van der Waals surface area (Å²) in [5, 5.41) is 10.7. The van der Waals surface area contributed by atoms with Crippen LogP contribution in [0, 0.1) is 0 Å². The molecule has 4 nitrogen and oxygen atoms in total. The molecule has 0 spiro atoms. The third-order valence-corrected chi connectivity index (χ3v) is 4.99. The Bertz CT molecular complexity index is 1030. The fourth-order valence-corrected chi connectivity index (χ4v) is 3.49. The predicted octanol–water partition coefficient (Wildman–Crippen LogP) is 4.89. The van der Waals surface area contributed by atoms with Crippen molar-refractivity contribution in [3.63, 3.8) is 0 Å². The number of aromatic nitrogens is 4. The van der Waals surface area contributed by atoms with Crippen molar-refractivity contribution in [3.05, 3.63) is 71.6 Å². The van der Waals surface area contributed by atoms with Crippen molar-refractivity contribution in [1.82, 2.24) is 19.3 Å². The molecule has 0 N–H and O–H groups in total. The standard InChI is InChI=1S/C20H19ClN4/c1-14(25-12-11-15-7-3-6-10-18(15)25)13-19-22-23-20(24(19)2)16-8-4-5-9-17(16)21/h3-12,14H,13H2,1-2H3.